The summed E-state index contributed by atoms with van der Waals surface area (Å²) in [7, 11) is 0. The van der Waals surface area contributed by atoms with E-state index in [2.05, 4.69) is 23.0 Å². The number of furan rings is 1. The van der Waals surface area contributed by atoms with Crippen LogP contribution in [0, 0.1) is 6.92 Å². The largest absolute Gasteiger partial charge is 0.466 e. The summed E-state index contributed by atoms with van der Waals surface area (Å²) in [5.74, 6) is 2.56. The summed E-state index contributed by atoms with van der Waals surface area (Å²) in [4.78, 5) is 2.46. The quantitative estimate of drug-likeness (QED) is 0.847. The van der Waals surface area contributed by atoms with Gasteiger partial charge >= 0.3 is 0 Å². The van der Waals surface area contributed by atoms with Gasteiger partial charge in [-0.15, -0.1) is 0 Å². The number of nitrogens with zero attached hydrogens (tertiary/aromatic N) is 2. The van der Waals surface area contributed by atoms with Crippen LogP contribution in [0.15, 0.2) is 27.3 Å². The number of rotatable bonds is 4. The first-order valence-electron chi connectivity index (χ1n) is 6.93. The molecule has 1 atom stereocenters. The van der Waals surface area contributed by atoms with E-state index in [9.17, 15) is 0 Å². The van der Waals surface area contributed by atoms with Crippen LogP contribution in [0.2, 0.25) is 0 Å². The van der Waals surface area contributed by atoms with Gasteiger partial charge in [0.1, 0.15) is 17.8 Å². The molecule has 0 amide bonds. The minimum atomic E-state index is 0.470. The predicted molar refractivity (Wildman–Crippen MR) is 72.0 cm³/mol. The molecule has 3 rings (SSSR count). The van der Waals surface area contributed by atoms with Gasteiger partial charge in [-0.25, -0.2) is 0 Å². The fourth-order valence-corrected chi connectivity index (χ4v) is 2.63. The van der Waals surface area contributed by atoms with Gasteiger partial charge in [-0.05, 0) is 32.0 Å². The fraction of sp³-hybridized carbons (Fsp3) is 0.533. The molecule has 0 bridgehead atoms. The van der Waals surface area contributed by atoms with Crippen LogP contribution in [0.3, 0.4) is 0 Å². The topological polar surface area (TPSA) is 42.4 Å². The van der Waals surface area contributed by atoms with E-state index in [0.717, 1.165) is 49.7 Å². The fourth-order valence-electron chi connectivity index (χ4n) is 2.63. The van der Waals surface area contributed by atoms with Crippen LogP contribution in [-0.2, 0) is 13.0 Å². The molecule has 4 nitrogen and oxygen atoms in total. The Labute approximate surface area is 113 Å². The maximum absolute atomic E-state index is 5.69. The van der Waals surface area contributed by atoms with Crippen molar-refractivity contribution in [2.75, 3.05) is 13.1 Å². The Hall–Kier alpha value is -1.55. The smallest absolute Gasteiger partial charge is 0.128 e. The van der Waals surface area contributed by atoms with Gasteiger partial charge < -0.3 is 8.94 Å². The van der Waals surface area contributed by atoms with Gasteiger partial charge in [-0.1, -0.05) is 12.1 Å². The van der Waals surface area contributed by atoms with Crippen molar-refractivity contribution in [2.45, 2.75) is 39.2 Å². The molecule has 19 heavy (non-hydrogen) atoms. The molecule has 2 aromatic heterocycles. The van der Waals surface area contributed by atoms with Crippen molar-refractivity contribution in [3.63, 3.8) is 0 Å². The van der Waals surface area contributed by atoms with Crippen LogP contribution in [-0.4, -0.2) is 23.1 Å². The average Bonchev–Trinajstić information content (AvgIpc) is 3.03. The number of hydrogen-bond donors (Lipinski definition) is 0. The van der Waals surface area contributed by atoms with E-state index < -0.39 is 0 Å². The molecule has 0 saturated carbocycles. The summed E-state index contributed by atoms with van der Waals surface area (Å²) in [6.45, 7) is 7.35. The number of fused-ring (bicyclic) bond motifs is 1. The molecule has 0 saturated heterocycles. The van der Waals surface area contributed by atoms with Crippen LogP contribution in [0.5, 0.6) is 0 Å². The lowest BCUT2D eigenvalue weighted by Crippen LogP contribution is -2.31. The molecule has 0 spiro atoms. The molecule has 0 unspecified atom stereocenters. The van der Waals surface area contributed by atoms with E-state index in [1.807, 2.05) is 13.0 Å². The molecule has 2 aromatic rings. The number of hydrogen-bond acceptors (Lipinski definition) is 4. The average molecular weight is 260 g/mol. The van der Waals surface area contributed by atoms with Crippen LogP contribution in [0.4, 0.5) is 0 Å². The van der Waals surface area contributed by atoms with Gasteiger partial charge in [0, 0.05) is 31.0 Å². The van der Waals surface area contributed by atoms with Gasteiger partial charge in [0.2, 0.25) is 0 Å². The maximum atomic E-state index is 5.69. The molecular formula is C15H20N2O2. The zero-order chi connectivity index (χ0) is 13.2. The second kappa shape index (κ2) is 5.21. The van der Waals surface area contributed by atoms with Crippen molar-refractivity contribution in [3.05, 3.63) is 41.2 Å². The first kappa shape index (κ1) is 12.5. The first-order valence-corrected chi connectivity index (χ1v) is 6.93. The Morgan fingerprint density at radius 3 is 3.11 bits per heavy atom. The molecule has 0 aromatic carbocycles. The van der Waals surface area contributed by atoms with E-state index in [1.165, 1.54) is 5.56 Å². The third-order valence-electron chi connectivity index (χ3n) is 3.91. The molecule has 4 heteroatoms. The van der Waals surface area contributed by atoms with Crippen LogP contribution < -0.4 is 0 Å². The number of aromatic nitrogens is 1. The van der Waals surface area contributed by atoms with Gasteiger partial charge in [0.15, 0.2) is 0 Å². The zero-order valence-corrected chi connectivity index (χ0v) is 11.6. The summed E-state index contributed by atoms with van der Waals surface area (Å²) in [6.07, 6.45) is 3.90. The van der Waals surface area contributed by atoms with Gasteiger partial charge in [-0.3, -0.25) is 4.90 Å². The van der Waals surface area contributed by atoms with Gasteiger partial charge in [0.25, 0.3) is 0 Å². The zero-order valence-electron chi connectivity index (χ0n) is 11.6. The Morgan fingerprint density at radius 1 is 1.42 bits per heavy atom. The maximum Gasteiger partial charge on any atom is 0.128 e. The number of aryl methyl sites for hydroxylation is 1. The monoisotopic (exact) mass is 260 g/mol. The third-order valence-corrected chi connectivity index (χ3v) is 3.91. The van der Waals surface area contributed by atoms with E-state index >= 15 is 0 Å². The van der Waals surface area contributed by atoms with E-state index in [1.54, 1.807) is 6.26 Å². The molecule has 1 aliphatic rings. The molecule has 3 heterocycles. The van der Waals surface area contributed by atoms with E-state index in [0.29, 0.717) is 5.92 Å². The molecule has 0 fully saturated rings. The van der Waals surface area contributed by atoms with Crippen molar-refractivity contribution < 1.29 is 8.94 Å². The summed E-state index contributed by atoms with van der Waals surface area (Å²) < 4.78 is 10.7. The van der Waals surface area contributed by atoms with E-state index in [4.69, 9.17) is 8.94 Å². The SMILES string of the molecule is Cc1ccc([C@@H](C)CCN2CCc3nocc3C2)o1. The Balaban J connectivity index is 1.53. The molecular weight excluding hydrogens is 240 g/mol. The first-order chi connectivity index (χ1) is 9.22. The molecule has 0 N–H and O–H groups in total. The summed E-state index contributed by atoms with van der Waals surface area (Å²) >= 11 is 0. The summed E-state index contributed by atoms with van der Waals surface area (Å²) in [5.41, 5.74) is 2.37. The molecule has 0 aliphatic carbocycles. The standard InChI is InChI=1S/C15H20N2O2/c1-11(15-4-3-12(2)19-15)5-7-17-8-6-14-13(9-17)10-18-16-14/h3-4,10-11H,5-9H2,1-2H3/t11-/m0/s1. The van der Waals surface area contributed by atoms with Crippen molar-refractivity contribution in [1.82, 2.24) is 10.1 Å². The third kappa shape index (κ3) is 2.73. The highest BCUT2D eigenvalue weighted by Crippen LogP contribution is 2.23. The lowest BCUT2D eigenvalue weighted by molar-refractivity contribution is 0.241. The minimum absolute atomic E-state index is 0.470. The van der Waals surface area contributed by atoms with Gasteiger partial charge in [-0.2, -0.15) is 0 Å². The minimum Gasteiger partial charge on any atom is -0.466 e. The lowest BCUT2D eigenvalue weighted by Gasteiger charge is -2.26. The second-order valence-corrected chi connectivity index (χ2v) is 5.45. The Morgan fingerprint density at radius 2 is 2.32 bits per heavy atom. The molecule has 102 valence electrons. The highest BCUT2D eigenvalue weighted by molar-refractivity contribution is 5.17. The van der Waals surface area contributed by atoms with Crippen molar-refractivity contribution >= 4 is 0 Å². The van der Waals surface area contributed by atoms with Crippen LogP contribution in [0.1, 0.15) is 42.0 Å². The Kier molecular flexibility index (Phi) is 3.42. The van der Waals surface area contributed by atoms with Crippen molar-refractivity contribution in [1.29, 1.82) is 0 Å². The highest BCUT2D eigenvalue weighted by atomic mass is 16.5. The van der Waals surface area contributed by atoms with Crippen LogP contribution in [0.25, 0.3) is 0 Å². The van der Waals surface area contributed by atoms with Crippen LogP contribution >= 0.6 is 0 Å². The van der Waals surface area contributed by atoms with Gasteiger partial charge in [0.05, 0.1) is 5.69 Å². The summed E-state index contributed by atoms with van der Waals surface area (Å²) in [6, 6.07) is 4.13. The van der Waals surface area contributed by atoms with Crippen molar-refractivity contribution in [2.24, 2.45) is 0 Å². The lowest BCUT2D eigenvalue weighted by atomic mass is 10.0. The Bertz CT molecular complexity index is 544. The summed E-state index contributed by atoms with van der Waals surface area (Å²) in [5, 5.41) is 4.02. The van der Waals surface area contributed by atoms with E-state index in [-0.39, 0.29) is 0 Å². The highest BCUT2D eigenvalue weighted by Gasteiger charge is 2.20. The van der Waals surface area contributed by atoms with Crippen molar-refractivity contribution in [3.8, 4) is 0 Å². The molecule has 0 radical (unpaired) electrons. The second-order valence-electron chi connectivity index (χ2n) is 5.45. The normalized spacial score (nSPS) is 17.4. The molecule has 1 aliphatic heterocycles. The predicted octanol–water partition coefficient (Wildman–Crippen LogP) is 3.13.